The second kappa shape index (κ2) is 4.48. The highest BCUT2D eigenvalue weighted by atomic mass is 35.5. The lowest BCUT2D eigenvalue weighted by Gasteiger charge is -2.06. The molecule has 19 heavy (non-hydrogen) atoms. The fraction of sp³-hybridized carbons (Fsp3) is 0. The van der Waals surface area contributed by atoms with Crippen LogP contribution in [0, 0.1) is 5.82 Å². The van der Waals surface area contributed by atoms with Crippen LogP contribution in [-0.2, 0) is 0 Å². The first-order valence-electron chi connectivity index (χ1n) is 5.62. The van der Waals surface area contributed by atoms with E-state index in [1.165, 1.54) is 12.1 Å². The summed E-state index contributed by atoms with van der Waals surface area (Å²) in [4.78, 5) is 8.57. The maximum atomic E-state index is 13.2. The van der Waals surface area contributed by atoms with Crippen molar-refractivity contribution in [1.82, 2.24) is 9.97 Å². The maximum Gasteiger partial charge on any atom is 0.162 e. The van der Waals surface area contributed by atoms with E-state index in [9.17, 15) is 4.39 Å². The van der Waals surface area contributed by atoms with Crippen molar-refractivity contribution in [3.63, 3.8) is 0 Å². The predicted molar refractivity (Wildman–Crippen MR) is 74.4 cm³/mol. The summed E-state index contributed by atoms with van der Waals surface area (Å²) in [6, 6.07) is 11.3. The number of nitrogens with zero attached hydrogens (tertiary/aromatic N) is 2. The standard InChI is InChI=1S/C14H9ClFN3/c15-9-4-5-11-12(7-9)18-14(19-13(11)17)8-2-1-3-10(16)6-8/h1-7H,(H2,17,18,19). The first-order valence-corrected chi connectivity index (χ1v) is 6.00. The molecule has 1 heterocycles. The Morgan fingerprint density at radius 2 is 1.89 bits per heavy atom. The zero-order valence-electron chi connectivity index (χ0n) is 9.77. The number of benzene rings is 2. The Morgan fingerprint density at radius 1 is 1.05 bits per heavy atom. The normalized spacial score (nSPS) is 10.8. The molecule has 3 aromatic rings. The van der Waals surface area contributed by atoms with E-state index in [0.717, 1.165) is 5.39 Å². The second-order valence-electron chi connectivity index (χ2n) is 4.10. The van der Waals surface area contributed by atoms with Crippen molar-refractivity contribution < 1.29 is 4.39 Å². The van der Waals surface area contributed by atoms with E-state index < -0.39 is 0 Å². The van der Waals surface area contributed by atoms with Crippen LogP contribution in [0.3, 0.4) is 0 Å². The van der Waals surface area contributed by atoms with Crippen LogP contribution in [0.1, 0.15) is 0 Å². The number of nitrogens with two attached hydrogens (primary N) is 1. The summed E-state index contributed by atoms with van der Waals surface area (Å²) in [5, 5.41) is 1.29. The van der Waals surface area contributed by atoms with Crippen LogP contribution in [0.4, 0.5) is 10.2 Å². The summed E-state index contributed by atoms with van der Waals surface area (Å²) in [5.74, 6) is 0.388. The molecule has 0 bridgehead atoms. The molecular formula is C14H9ClFN3. The molecule has 94 valence electrons. The first-order chi connectivity index (χ1) is 9.13. The average molecular weight is 274 g/mol. The smallest absolute Gasteiger partial charge is 0.162 e. The van der Waals surface area contributed by atoms with Gasteiger partial charge in [0.25, 0.3) is 0 Å². The van der Waals surface area contributed by atoms with Gasteiger partial charge in [-0.25, -0.2) is 14.4 Å². The largest absolute Gasteiger partial charge is 0.383 e. The van der Waals surface area contributed by atoms with Crippen LogP contribution >= 0.6 is 11.6 Å². The third kappa shape index (κ3) is 2.22. The Morgan fingerprint density at radius 3 is 2.68 bits per heavy atom. The number of aromatic nitrogens is 2. The Bertz CT molecular complexity index is 774. The third-order valence-electron chi connectivity index (χ3n) is 2.77. The summed E-state index contributed by atoms with van der Waals surface area (Å²) in [7, 11) is 0. The molecule has 0 saturated heterocycles. The molecule has 0 unspecified atom stereocenters. The van der Waals surface area contributed by atoms with E-state index in [-0.39, 0.29) is 5.82 Å². The van der Waals surface area contributed by atoms with Crippen LogP contribution in [0.2, 0.25) is 5.02 Å². The van der Waals surface area contributed by atoms with Crippen molar-refractivity contribution in [3.05, 3.63) is 53.3 Å². The molecule has 0 aliphatic carbocycles. The summed E-state index contributed by atoms with van der Waals surface area (Å²) < 4.78 is 13.2. The maximum absolute atomic E-state index is 13.2. The van der Waals surface area contributed by atoms with Crippen molar-refractivity contribution in [3.8, 4) is 11.4 Å². The number of fused-ring (bicyclic) bond motifs is 1. The van der Waals surface area contributed by atoms with Gasteiger partial charge in [0.2, 0.25) is 0 Å². The van der Waals surface area contributed by atoms with Crippen molar-refractivity contribution in [2.75, 3.05) is 5.73 Å². The van der Waals surface area contributed by atoms with E-state index >= 15 is 0 Å². The lowest BCUT2D eigenvalue weighted by Crippen LogP contribution is -1.98. The average Bonchev–Trinajstić information content (AvgIpc) is 2.38. The van der Waals surface area contributed by atoms with Crippen molar-refractivity contribution in [1.29, 1.82) is 0 Å². The summed E-state index contributed by atoms with van der Waals surface area (Å²) in [6.07, 6.45) is 0. The van der Waals surface area contributed by atoms with Gasteiger partial charge in [-0.15, -0.1) is 0 Å². The topological polar surface area (TPSA) is 51.8 Å². The highest BCUT2D eigenvalue weighted by Gasteiger charge is 2.08. The fourth-order valence-electron chi connectivity index (χ4n) is 1.88. The molecule has 0 atom stereocenters. The predicted octanol–water partition coefficient (Wildman–Crippen LogP) is 3.67. The molecular weight excluding hydrogens is 265 g/mol. The Labute approximate surface area is 113 Å². The Balaban J connectivity index is 2.25. The zero-order valence-corrected chi connectivity index (χ0v) is 10.5. The van der Waals surface area contributed by atoms with E-state index in [4.69, 9.17) is 17.3 Å². The molecule has 3 rings (SSSR count). The number of rotatable bonds is 1. The quantitative estimate of drug-likeness (QED) is 0.736. The second-order valence-corrected chi connectivity index (χ2v) is 4.54. The van der Waals surface area contributed by atoms with Gasteiger partial charge in [-0.3, -0.25) is 0 Å². The van der Waals surface area contributed by atoms with E-state index in [1.54, 1.807) is 30.3 Å². The van der Waals surface area contributed by atoms with Crippen LogP contribution < -0.4 is 5.73 Å². The van der Waals surface area contributed by atoms with Gasteiger partial charge in [0.1, 0.15) is 11.6 Å². The lowest BCUT2D eigenvalue weighted by molar-refractivity contribution is 0.628. The van der Waals surface area contributed by atoms with Gasteiger partial charge in [-0.05, 0) is 30.3 Å². The van der Waals surface area contributed by atoms with Crippen molar-refractivity contribution in [2.24, 2.45) is 0 Å². The Kier molecular flexibility index (Phi) is 2.80. The van der Waals surface area contributed by atoms with Gasteiger partial charge in [0, 0.05) is 16.0 Å². The summed E-state index contributed by atoms with van der Waals surface area (Å²) in [5.41, 5.74) is 7.11. The molecule has 2 N–H and O–H groups in total. The van der Waals surface area contributed by atoms with E-state index in [1.807, 2.05) is 0 Å². The fourth-order valence-corrected chi connectivity index (χ4v) is 2.05. The molecule has 5 heteroatoms. The molecule has 0 aliphatic rings. The van der Waals surface area contributed by atoms with Crippen LogP contribution in [0.15, 0.2) is 42.5 Å². The zero-order chi connectivity index (χ0) is 13.4. The number of hydrogen-bond donors (Lipinski definition) is 1. The van der Waals surface area contributed by atoms with E-state index in [2.05, 4.69) is 9.97 Å². The molecule has 3 nitrogen and oxygen atoms in total. The molecule has 0 fully saturated rings. The molecule has 0 aliphatic heterocycles. The van der Waals surface area contributed by atoms with Gasteiger partial charge < -0.3 is 5.73 Å². The molecule has 2 aromatic carbocycles. The van der Waals surface area contributed by atoms with Crippen molar-refractivity contribution >= 4 is 28.3 Å². The van der Waals surface area contributed by atoms with Gasteiger partial charge in [-0.1, -0.05) is 23.7 Å². The Hall–Kier alpha value is -2.20. The van der Waals surface area contributed by atoms with Gasteiger partial charge in [0.05, 0.1) is 5.52 Å². The molecule has 0 amide bonds. The molecule has 0 radical (unpaired) electrons. The summed E-state index contributed by atoms with van der Waals surface area (Å²) >= 11 is 5.93. The van der Waals surface area contributed by atoms with Crippen LogP contribution in [0.5, 0.6) is 0 Å². The van der Waals surface area contributed by atoms with Gasteiger partial charge >= 0.3 is 0 Å². The minimum Gasteiger partial charge on any atom is -0.383 e. The van der Waals surface area contributed by atoms with Crippen LogP contribution in [0.25, 0.3) is 22.3 Å². The third-order valence-corrected chi connectivity index (χ3v) is 3.01. The highest BCUT2D eigenvalue weighted by molar-refractivity contribution is 6.31. The van der Waals surface area contributed by atoms with Gasteiger partial charge in [0.15, 0.2) is 5.82 Å². The van der Waals surface area contributed by atoms with Gasteiger partial charge in [-0.2, -0.15) is 0 Å². The first kappa shape index (κ1) is 11.9. The molecule has 0 saturated carbocycles. The molecule has 0 spiro atoms. The van der Waals surface area contributed by atoms with Crippen molar-refractivity contribution in [2.45, 2.75) is 0 Å². The minimum absolute atomic E-state index is 0.342. The minimum atomic E-state index is -0.342. The number of halogens is 2. The SMILES string of the molecule is Nc1nc(-c2cccc(F)c2)nc2cc(Cl)ccc12. The number of hydrogen-bond acceptors (Lipinski definition) is 3. The van der Waals surface area contributed by atoms with Crippen LogP contribution in [-0.4, -0.2) is 9.97 Å². The van der Waals surface area contributed by atoms with E-state index in [0.29, 0.717) is 27.7 Å². The number of nitrogen functional groups attached to an aromatic ring is 1. The highest BCUT2D eigenvalue weighted by Crippen LogP contribution is 2.25. The lowest BCUT2D eigenvalue weighted by atomic mass is 10.2. The number of anilines is 1. The monoisotopic (exact) mass is 273 g/mol. The molecule has 1 aromatic heterocycles. The summed E-state index contributed by atoms with van der Waals surface area (Å²) in [6.45, 7) is 0.